The van der Waals surface area contributed by atoms with E-state index in [1.807, 2.05) is 32.0 Å². The molecule has 15 nitrogen and oxygen atoms in total. The molecule has 0 saturated heterocycles. The number of nitrogens with one attached hydrogen (secondary N) is 4. The van der Waals surface area contributed by atoms with E-state index in [1.54, 1.807) is 49.6 Å². The van der Waals surface area contributed by atoms with Gasteiger partial charge < -0.3 is 46.6 Å². The van der Waals surface area contributed by atoms with Crippen molar-refractivity contribution in [3.8, 4) is 22.6 Å². The zero-order valence-corrected chi connectivity index (χ0v) is 34.1. The SMILES string of the molecule is CCCC(Cc1ccc(OCCN)c(-c2cc(C(C(=O)NCC=O)N(C)C(=O)CNC(=O)c3ccc(C)cc3C)ccc2OCCN)c1)C(=O)NCC(=O)NSC. The van der Waals surface area contributed by atoms with Crippen LogP contribution in [0.1, 0.15) is 58.4 Å². The van der Waals surface area contributed by atoms with Gasteiger partial charge in [0.1, 0.15) is 37.0 Å². The summed E-state index contributed by atoms with van der Waals surface area (Å²) in [4.78, 5) is 78.2. The Morgan fingerprint density at radius 2 is 1.51 bits per heavy atom. The van der Waals surface area contributed by atoms with Gasteiger partial charge >= 0.3 is 0 Å². The maximum atomic E-state index is 13.7. The molecule has 3 rings (SSSR count). The first-order valence-corrected chi connectivity index (χ1v) is 20.0. The lowest BCUT2D eigenvalue weighted by molar-refractivity contribution is -0.138. The predicted molar refractivity (Wildman–Crippen MR) is 221 cm³/mol. The summed E-state index contributed by atoms with van der Waals surface area (Å²) < 4.78 is 14.8. The number of hydrogen-bond donors (Lipinski definition) is 6. The summed E-state index contributed by atoms with van der Waals surface area (Å²) in [6, 6.07) is 14.6. The van der Waals surface area contributed by atoms with Crippen molar-refractivity contribution < 1.29 is 38.2 Å². The number of benzene rings is 3. The summed E-state index contributed by atoms with van der Waals surface area (Å²) in [5.74, 6) is -1.79. The van der Waals surface area contributed by atoms with E-state index in [0.717, 1.165) is 35.1 Å². The molecule has 0 spiro atoms. The van der Waals surface area contributed by atoms with Crippen LogP contribution in [-0.4, -0.2) is 100.0 Å². The van der Waals surface area contributed by atoms with Crippen molar-refractivity contribution in [3.05, 3.63) is 82.4 Å². The third-order valence-electron chi connectivity index (χ3n) is 8.95. The molecule has 0 saturated carbocycles. The van der Waals surface area contributed by atoms with E-state index >= 15 is 0 Å². The Morgan fingerprint density at radius 3 is 2.12 bits per heavy atom. The number of hydrogen-bond acceptors (Lipinski definition) is 11. The van der Waals surface area contributed by atoms with Crippen LogP contribution in [0.15, 0.2) is 54.6 Å². The third kappa shape index (κ3) is 13.6. The summed E-state index contributed by atoms with van der Waals surface area (Å²) in [7, 11) is 1.44. The Labute approximate surface area is 338 Å². The van der Waals surface area contributed by atoms with Gasteiger partial charge in [-0.15, -0.1) is 0 Å². The van der Waals surface area contributed by atoms with Gasteiger partial charge in [-0.2, -0.15) is 0 Å². The average molecular weight is 806 g/mol. The number of nitrogens with zero attached hydrogens (tertiary/aromatic N) is 1. The van der Waals surface area contributed by atoms with Crippen molar-refractivity contribution in [2.24, 2.45) is 17.4 Å². The van der Waals surface area contributed by atoms with Crippen molar-refractivity contribution in [1.29, 1.82) is 0 Å². The number of carbonyl (C=O) groups is 6. The Morgan fingerprint density at radius 1 is 0.842 bits per heavy atom. The smallest absolute Gasteiger partial charge is 0.251 e. The third-order valence-corrected chi connectivity index (χ3v) is 9.38. The van der Waals surface area contributed by atoms with Crippen LogP contribution in [0.25, 0.3) is 11.1 Å². The van der Waals surface area contributed by atoms with Crippen molar-refractivity contribution in [2.45, 2.75) is 46.1 Å². The van der Waals surface area contributed by atoms with Crippen LogP contribution >= 0.6 is 11.9 Å². The summed E-state index contributed by atoms with van der Waals surface area (Å²) in [6.45, 7) is 5.64. The fourth-order valence-electron chi connectivity index (χ4n) is 6.23. The largest absolute Gasteiger partial charge is 0.492 e. The normalized spacial score (nSPS) is 11.8. The second kappa shape index (κ2) is 23.6. The van der Waals surface area contributed by atoms with E-state index in [0.29, 0.717) is 52.9 Å². The van der Waals surface area contributed by atoms with E-state index in [4.69, 9.17) is 20.9 Å². The second-order valence-corrected chi connectivity index (χ2v) is 13.9. The van der Waals surface area contributed by atoms with Crippen LogP contribution in [0.3, 0.4) is 0 Å². The monoisotopic (exact) mass is 805 g/mol. The predicted octanol–water partition coefficient (Wildman–Crippen LogP) is 2.36. The number of nitrogens with two attached hydrogens (primary N) is 2. The molecule has 3 aromatic rings. The average Bonchev–Trinajstić information content (AvgIpc) is 3.19. The topological polar surface area (TPSA) is 224 Å². The lowest BCUT2D eigenvalue weighted by atomic mass is 9.91. The van der Waals surface area contributed by atoms with Crippen LogP contribution in [0.5, 0.6) is 11.5 Å². The zero-order chi connectivity index (χ0) is 41.9. The van der Waals surface area contributed by atoms with Gasteiger partial charge in [0.2, 0.25) is 23.6 Å². The summed E-state index contributed by atoms with van der Waals surface area (Å²) in [5, 5.41) is 7.95. The standard InChI is InChI=1S/C41H55N7O8S/c1-6-7-30(39(52)45-24-36(50)47-57-5)21-28-9-12-34(55-18-14-42)32(22-28)33-23-29(10-13-35(33)56-19-15-43)38(41(54)44-16-17-49)48(4)37(51)25-46-40(53)31-11-8-26(2)20-27(31)3/h8-13,17,20,22-23,30,38H,6-7,14-16,18-19,21,24-25,42-43H2,1-5H3,(H,44,54)(H,45,52)(H,46,53)(H,47,50). The van der Waals surface area contributed by atoms with E-state index in [9.17, 15) is 28.8 Å². The lowest BCUT2D eigenvalue weighted by Crippen LogP contribution is -2.45. The molecule has 0 aliphatic rings. The van der Waals surface area contributed by atoms with E-state index in [2.05, 4.69) is 20.7 Å². The summed E-state index contributed by atoms with van der Waals surface area (Å²) in [6.07, 6.45) is 3.90. The number of aryl methyl sites for hydroxylation is 2. The van der Waals surface area contributed by atoms with E-state index < -0.39 is 36.2 Å². The molecule has 5 amide bonds. The van der Waals surface area contributed by atoms with Gasteiger partial charge in [-0.05, 0) is 73.7 Å². The molecule has 0 bridgehead atoms. The first-order chi connectivity index (χ1) is 27.4. The lowest BCUT2D eigenvalue weighted by Gasteiger charge is -2.28. The van der Waals surface area contributed by atoms with Gasteiger partial charge in [0.05, 0.1) is 19.6 Å². The highest BCUT2D eigenvalue weighted by Crippen LogP contribution is 2.40. The van der Waals surface area contributed by atoms with E-state index in [-0.39, 0.29) is 51.2 Å². The first kappa shape index (κ1) is 45.9. The molecular formula is C41H55N7O8S. The van der Waals surface area contributed by atoms with Gasteiger partial charge in [0, 0.05) is 49.0 Å². The van der Waals surface area contributed by atoms with Crippen molar-refractivity contribution in [1.82, 2.24) is 25.6 Å². The van der Waals surface area contributed by atoms with Crippen LogP contribution in [0, 0.1) is 19.8 Å². The molecule has 0 fully saturated rings. The molecule has 57 heavy (non-hydrogen) atoms. The fraction of sp³-hybridized carbons (Fsp3) is 0.415. The molecule has 308 valence electrons. The molecule has 0 heterocycles. The molecule has 2 atom stereocenters. The highest BCUT2D eigenvalue weighted by Gasteiger charge is 2.30. The highest BCUT2D eigenvalue weighted by atomic mass is 32.2. The van der Waals surface area contributed by atoms with Crippen molar-refractivity contribution in [2.75, 3.05) is 59.2 Å². The van der Waals surface area contributed by atoms with E-state index in [1.165, 1.54) is 11.9 Å². The Kier molecular flexibility index (Phi) is 19.0. The molecule has 3 aromatic carbocycles. The molecule has 0 radical (unpaired) electrons. The second-order valence-electron chi connectivity index (χ2n) is 13.3. The number of likely N-dealkylation sites (N-methyl/N-ethyl adjacent to an activating group) is 1. The van der Waals surface area contributed by atoms with Crippen LogP contribution in [-0.2, 0) is 30.4 Å². The Bertz CT molecular complexity index is 1870. The number of carbonyl (C=O) groups excluding carboxylic acids is 6. The minimum absolute atomic E-state index is 0.150. The van der Waals surface area contributed by atoms with Gasteiger partial charge in [-0.1, -0.05) is 55.1 Å². The molecule has 2 unspecified atom stereocenters. The van der Waals surface area contributed by atoms with Gasteiger partial charge in [-0.3, -0.25) is 28.7 Å². The van der Waals surface area contributed by atoms with Gasteiger partial charge in [0.15, 0.2) is 0 Å². The quantitative estimate of drug-likeness (QED) is 0.0603. The number of aldehydes is 1. The number of amides is 5. The van der Waals surface area contributed by atoms with Crippen LogP contribution in [0.2, 0.25) is 0 Å². The molecule has 0 aliphatic heterocycles. The van der Waals surface area contributed by atoms with Gasteiger partial charge in [0.25, 0.3) is 5.91 Å². The maximum Gasteiger partial charge on any atom is 0.251 e. The minimum atomic E-state index is -1.24. The first-order valence-electron chi connectivity index (χ1n) is 18.7. The number of ether oxygens (including phenoxy) is 2. The minimum Gasteiger partial charge on any atom is -0.492 e. The van der Waals surface area contributed by atoms with Gasteiger partial charge in [-0.25, -0.2) is 0 Å². The zero-order valence-electron chi connectivity index (χ0n) is 33.3. The molecule has 16 heteroatoms. The number of rotatable bonds is 23. The summed E-state index contributed by atoms with van der Waals surface area (Å²) >= 11 is 1.15. The van der Waals surface area contributed by atoms with Crippen molar-refractivity contribution >= 4 is 47.8 Å². The van der Waals surface area contributed by atoms with Crippen LogP contribution < -0.4 is 41.6 Å². The molecule has 0 aromatic heterocycles. The molecule has 8 N–H and O–H groups in total. The summed E-state index contributed by atoms with van der Waals surface area (Å²) in [5.41, 5.74) is 16.0. The molecule has 0 aliphatic carbocycles. The van der Waals surface area contributed by atoms with Crippen molar-refractivity contribution in [3.63, 3.8) is 0 Å². The Hall–Kier alpha value is -5.45. The fourth-order valence-corrected chi connectivity index (χ4v) is 6.53. The highest BCUT2D eigenvalue weighted by molar-refractivity contribution is 7.97. The molecular weight excluding hydrogens is 751 g/mol. The maximum absolute atomic E-state index is 13.7. The van der Waals surface area contributed by atoms with Crippen LogP contribution in [0.4, 0.5) is 0 Å². The Balaban J connectivity index is 2.08.